The Kier molecular flexibility index (Phi) is 3060. The van der Waals surface area contributed by atoms with Crippen LogP contribution in [0.25, 0.3) is 0 Å². The molecule has 0 aromatic heterocycles. The van der Waals surface area contributed by atoms with E-state index in [1.165, 1.54) is 0 Å². The van der Waals surface area contributed by atoms with Crippen LogP contribution in [0.2, 0.25) is 0 Å². The topological polar surface area (TPSA) is 114 Å². The Labute approximate surface area is 148 Å². The first kappa shape index (κ1) is 205. The van der Waals surface area contributed by atoms with Crippen molar-refractivity contribution in [2.45, 2.75) is 0 Å². The van der Waals surface area contributed by atoms with Crippen LogP contribution in [0.15, 0.2) is 0 Å². The van der Waals surface area contributed by atoms with Gasteiger partial charge in [-0.15, -0.1) is 0 Å². The van der Waals surface area contributed by atoms with Crippen molar-refractivity contribution in [3.8, 4) is 0 Å². The zero-order chi connectivity index (χ0) is 0. The molecule has 0 saturated heterocycles. The number of hydrogen-bond acceptors (Lipinski definition) is 0. The molecule has 64 valence electrons. The van der Waals surface area contributed by atoms with Gasteiger partial charge >= 0.3 is 78.6 Å². The average Bonchev–Trinajstić information content (AvgIpc) is 0. The van der Waals surface area contributed by atoms with Crippen molar-refractivity contribution in [1.82, 2.24) is 0 Å². The standard InChI is InChI=1S/4ClH.4O.3Zr/h4*1H;;;;;;;/q;;;;4*-2;3*+4/p-4. The van der Waals surface area contributed by atoms with Crippen LogP contribution in [-0.4, -0.2) is 0 Å². The monoisotopic (exact) mass is 474 g/mol. The molecule has 0 aromatic rings. The minimum Gasteiger partial charge on any atom is -2.00 e. The van der Waals surface area contributed by atoms with E-state index in [1.54, 1.807) is 0 Å². The summed E-state index contributed by atoms with van der Waals surface area (Å²) in [6.45, 7) is 0. The molecule has 0 unspecified atom stereocenters. The van der Waals surface area contributed by atoms with Crippen molar-refractivity contribution >= 4 is 0 Å². The molecule has 0 aliphatic carbocycles. The van der Waals surface area contributed by atoms with E-state index in [-0.39, 0.29) is 150 Å². The largest absolute Gasteiger partial charge is 4.00 e. The van der Waals surface area contributed by atoms with Crippen molar-refractivity contribution in [1.29, 1.82) is 0 Å². The van der Waals surface area contributed by atoms with Gasteiger partial charge in [0.2, 0.25) is 0 Å². The van der Waals surface area contributed by atoms with E-state index in [0.717, 1.165) is 0 Å². The van der Waals surface area contributed by atoms with Crippen molar-refractivity contribution in [3.05, 3.63) is 0 Å². The Balaban J connectivity index is 0. The maximum Gasteiger partial charge on any atom is 4.00 e. The molecule has 0 spiro atoms. The normalized spacial score (nSPS) is 0. The predicted octanol–water partition coefficient (Wildman–Crippen LogP) is -12.5. The summed E-state index contributed by atoms with van der Waals surface area (Å²) in [4.78, 5) is 0. The van der Waals surface area contributed by atoms with E-state index in [0.29, 0.717) is 0 Å². The third-order valence-corrected chi connectivity index (χ3v) is 0. The summed E-state index contributed by atoms with van der Waals surface area (Å²) in [6.07, 6.45) is 0. The zero-order valence-corrected chi connectivity index (χ0v) is 15.0. The zero-order valence-electron chi connectivity index (χ0n) is 4.64. The minimum atomic E-state index is 0. The first-order valence-electron chi connectivity index (χ1n) is 0. The summed E-state index contributed by atoms with van der Waals surface area (Å²) >= 11 is 0. The van der Waals surface area contributed by atoms with Crippen LogP contribution in [0.5, 0.6) is 0 Å². The molecule has 0 heterocycles. The van der Waals surface area contributed by atoms with Gasteiger partial charge in [-0.25, -0.2) is 0 Å². The van der Waals surface area contributed by atoms with Crippen LogP contribution in [-0.2, 0) is 101 Å². The molecule has 0 fully saturated rings. The molecule has 11 heteroatoms. The molecule has 0 radical (unpaired) electrons. The average molecular weight is 479 g/mol. The van der Waals surface area contributed by atoms with E-state index in [9.17, 15) is 0 Å². The van der Waals surface area contributed by atoms with E-state index in [1.807, 2.05) is 0 Å². The molecule has 0 bridgehead atoms. The maximum absolute atomic E-state index is 0. The van der Waals surface area contributed by atoms with Gasteiger partial charge in [-0.3, -0.25) is 0 Å². The van der Waals surface area contributed by atoms with Crippen molar-refractivity contribution < 1.29 is 150 Å². The van der Waals surface area contributed by atoms with Gasteiger partial charge in [-0.2, -0.15) is 0 Å². The molecule has 0 saturated carbocycles. The summed E-state index contributed by atoms with van der Waals surface area (Å²) in [5.74, 6) is 0. The first-order chi connectivity index (χ1) is 0. The number of halogens is 4. The summed E-state index contributed by atoms with van der Waals surface area (Å²) < 4.78 is 0. The summed E-state index contributed by atoms with van der Waals surface area (Å²) in [7, 11) is 0. The van der Waals surface area contributed by atoms with Crippen molar-refractivity contribution in [2.75, 3.05) is 0 Å². The molecular formula is Cl4O4Zr3. The molecule has 4 nitrogen and oxygen atoms in total. The third-order valence-electron chi connectivity index (χ3n) is 0. The van der Waals surface area contributed by atoms with E-state index >= 15 is 0 Å². The molecule has 0 aromatic carbocycles. The molecule has 0 amide bonds. The molecule has 0 rings (SSSR count). The first-order valence-corrected chi connectivity index (χ1v) is 0. The van der Waals surface area contributed by atoms with E-state index < -0.39 is 0 Å². The summed E-state index contributed by atoms with van der Waals surface area (Å²) in [5, 5.41) is 0. The van der Waals surface area contributed by atoms with Crippen LogP contribution in [0, 0.1) is 0 Å². The Morgan fingerprint density at radius 1 is 0.273 bits per heavy atom. The van der Waals surface area contributed by atoms with Crippen LogP contribution >= 0.6 is 0 Å². The molecule has 0 aliphatic rings. The van der Waals surface area contributed by atoms with Gasteiger partial charge in [0.05, 0.1) is 0 Å². The molecule has 0 aliphatic heterocycles. The second-order valence-electron chi connectivity index (χ2n) is 0. The van der Waals surface area contributed by atoms with Gasteiger partial charge in [0.25, 0.3) is 0 Å². The fourth-order valence-corrected chi connectivity index (χ4v) is 0. The Morgan fingerprint density at radius 2 is 0.273 bits per heavy atom. The summed E-state index contributed by atoms with van der Waals surface area (Å²) in [6, 6.07) is 0. The van der Waals surface area contributed by atoms with Crippen molar-refractivity contribution in [2.24, 2.45) is 0 Å². The van der Waals surface area contributed by atoms with Gasteiger partial charge < -0.3 is 71.5 Å². The Bertz CT molecular complexity index is 17.3. The summed E-state index contributed by atoms with van der Waals surface area (Å²) in [5.41, 5.74) is 0. The van der Waals surface area contributed by atoms with Crippen LogP contribution in [0.1, 0.15) is 0 Å². The minimum absolute atomic E-state index is 0. The second kappa shape index (κ2) is 164. The molecule has 0 atom stereocenters. The fraction of sp³-hybridized carbons (Fsp3) is 0. The second-order valence-corrected chi connectivity index (χ2v) is 0. The predicted molar refractivity (Wildman–Crippen MR) is 2.75 cm³/mol. The van der Waals surface area contributed by atoms with Gasteiger partial charge in [-0.1, -0.05) is 0 Å². The van der Waals surface area contributed by atoms with Crippen molar-refractivity contribution in [3.63, 3.8) is 0 Å². The van der Waals surface area contributed by atoms with Gasteiger partial charge in [0.15, 0.2) is 0 Å². The smallest absolute Gasteiger partial charge is 2.00 e. The van der Waals surface area contributed by atoms with E-state index in [4.69, 9.17) is 0 Å². The number of rotatable bonds is 0. The van der Waals surface area contributed by atoms with Gasteiger partial charge in [-0.05, 0) is 0 Å². The van der Waals surface area contributed by atoms with Gasteiger partial charge in [0.1, 0.15) is 0 Å². The Hall–Kier alpha value is 3.65. The molecular weight excluding hydrogens is 479 g/mol. The maximum atomic E-state index is 0. The van der Waals surface area contributed by atoms with E-state index in [2.05, 4.69) is 0 Å². The molecule has 11 heavy (non-hydrogen) atoms. The quantitative estimate of drug-likeness (QED) is 0.329. The van der Waals surface area contributed by atoms with Crippen LogP contribution < -0.4 is 49.6 Å². The third kappa shape index (κ3) is 139. The number of hydrogen-bond donors (Lipinski definition) is 0. The SMILES string of the molecule is [Cl-].[Cl-].[Cl-].[Cl-].[O-2].[O-2].[O-2].[O-2].[Zr+4].[Zr+4].[Zr+4]. The van der Waals surface area contributed by atoms with Crippen LogP contribution in [0.3, 0.4) is 0 Å². The van der Waals surface area contributed by atoms with Crippen LogP contribution in [0.4, 0.5) is 0 Å². The van der Waals surface area contributed by atoms with Gasteiger partial charge in [0, 0.05) is 0 Å². The molecule has 0 N–H and O–H groups in total. The fourth-order valence-electron chi connectivity index (χ4n) is 0. The Morgan fingerprint density at radius 3 is 0.273 bits per heavy atom.